The Kier molecular flexibility index (Phi) is 8.38. The SMILES string of the molecule is c1ccc(-c2nc(-c3cccc(-n4c5cc6ccccc6cc5c5cccc(-c6cccc(-c7ccc8sc9ccccc9c8c7)c6)c54)c3)nc(-c3ccc4c(c3)oc3ccccc34)n2)cc1. The molecule has 0 fully saturated rings. The monoisotopic (exact) mass is 872 g/mol. The third kappa shape index (κ3) is 6.18. The van der Waals surface area contributed by atoms with Crippen LogP contribution in [0.2, 0.25) is 0 Å². The van der Waals surface area contributed by atoms with Crippen molar-refractivity contribution in [2.45, 2.75) is 0 Å². The number of para-hydroxylation sites is 2. The van der Waals surface area contributed by atoms with E-state index in [1.807, 2.05) is 65.9 Å². The zero-order valence-electron chi connectivity index (χ0n) is 35.9. The van der Waals surface area contributed by atoms with Crippen LogP contribution in [0.4, 0.5) is 0 Å². The molecule has 6 heteroatoms. The van der Waals surface area contributed by atoms with Gasteiger partial charge >= 0.3 is 0 Å². The first-order chi connectivity index (χ1) is 33.2. The van der Waals surface area contributed by atoms with Crippen molar-refractivity contribution >= 4 is 86.0 Å². The minimum atomic E-state index is 0.577. The van der Waals surface area contributed by atoms with Crippen molar-refractivity contribution in [1.29, 1.82) is 0 Å². The van der Waals surface area contributed by atoms with Crippen molar-refractivity contribution in [3.63, 3.8) is 0 Å². The second-order valence-electron chi connectivity index (χ2n) is 17.2. The standard InChI is InChI=1S/C61H36N4OS/c1-2-13-37(14-3-1)59-62-60(64-61(63-59)44-27-29-48-47-21-6-8-25-54(47)66-55(48)36-44)43-19-11-20-45(32-43)65-53-35-40-16-5-4-15-39(40)33-51(53)50-24-12-23-46(58(50)65)42-18-10-17-38(31-42)41-28-30-57-52(34-41)49-22-7-9-26-56(49)67-57/h1-36H. The Balaban J connectivity index is 0.958. The number of furan rings is 1. The summed E-state index contributed by atoms with van der Waals surface area (Å²) in [5.74, 6) is 1.77. The van der Waals surface area contributed by atoms with Crippen LogP contribution in [0, 0.1) is 0 Å². The summed E-state index contributed by atoms with van der Waals surface area (Å²) in [6, 6.07) is 77.8. The van der Waals surface area contributed by atoms with Gasteiger partial charge in [-0.25, -0.2) is 15.0 Å². The summed E-state index contributed by atoms with van der Waals surface area (Å²) >= 11 is 1.85. The summed E-state index contributed by atoms with van der Waals surface area (Å²) in [7, 11) is 0. The summed E-state index contributed by atoms with van der Waals surface area (Å²) in [6.07, 6.45) is 0. The Bertz CT molecular complexity index is 4300. The average Bonchev–Trinajstić information content (AvgIpc) is 4.07. The quantitative estimate of drug-likeness (QED) is 0.167. The molecule has 0 saturated carbocycles. The van der Waals surface area contributed by atoms with Gasteiger partial charge in [0, 0.05) is 69.7 Å². The van der Waals surface area contributed by atoms with E-state index in [2.05, 4.69) is 168 Å². The van der Waals surface area contributed by atoms with Gasteiger partial charge in [0.2, 0.25) is 0 Å². The van der Waals surface area contributed by atoms with Gasteiger partial charge in [-0.2, -0.15) is 0 Å². The first-order valence-corrected chi connectivity index (χ1v) is 23.3. The summed E-state index contributed by atoms with van der Waals surface area (Å²) < 4.78 is 11.4. The molecule has 14 rings (SSSR count). The fourth-order valence-electron chi connectivity index (χ4n) is 10.0. The van der Waals surface area contributed by atoms with Crippen LogP contribution in [-0.2, 0) is 0 Å². The molecule has 14 aromatic rings. The van der Waals surface area contributed by atoms with Crippen LogP contribution in [0.15, 0.2) is 223 Å². The number of aromatic nitrogens is 4. The number of hydrogen-bond donors (Lipinski definition) is 0. The molecule has 0 saturated heterocycles. The molecule has 67 heavy (non-hydrogen) atoms. The lowest BCUT2D eigenvalue weighted by Gasteiger charge is -2.14. The molecule has 4 heterocycles. The predicted octanol–water partition coefficient (Wildman–Crippen LogP) is 16.7. The van der Waals surface area contributed by atoms with Gasteiger partial charge in [-0.3, -0.25) is 0 Å². The highest BCUT2D eigenvalue weighted by Crippen LogP contribution is 2.42. The first-order valence-electron chi connectivity index (χ1n) is 22.5. The van der Waals surface area contributed by atoms with E-state index in [0.29, 0.717) is 17.5 Å². The lowest BCUT2D eigenvalue weighted by atomic mass is 9.96. The van der Waals surface area contributed by atoms with E-state index in [1.54, 1.807) is 0 Å². The zero-order chi connectivity index (χ0) is 44.0. The zero-order valence-corrected chi connectivity index (χ0v) is 36.7. The molecule has 5 nitrogen and oxygen atoms in total. The van der Waals surface area contributed by atoms with E-state index in [-0.39, 0.29) is 0 Å². The minimum Gasteiger partial charge on any atom is -0.456 e. The second kappa shape index (κ2) is 14.9. The Hall–Kier alpha value is -8.71. The Morgan fingerprint density at radius 1 is 0.343 bits per heavy atom. The number of rotatable bonds is 6. The van der Waals surface area contributed by atoms with Crippen LogP contribution < -0.4 is 0 Å². The molecule has 0 amide bonds. The summed E-state index contributed by atoms with van der Waals surface area (Å²) in [5, 5.41) is 9.52. The fraction of sp³-hybridized carbons (Fsp3) is 0. The van der Waals surface area contributed by atoms with Crippen molar-refractivity contribution in [3.05, 3.63) is 218 Å². The number of hydrogen-bond acceptors (Lipinski definition) is 5. The molecule has 0 atom stereocenters. The molecule has 10 aromatic carbocycles. The Morgan fingerprint density at radius 3 is 1.84 bits per heavy atom. The van der Waals surface area contributed by atoms with E-state index in [0.717, 1.165) is 66.5 Å². The van der Waals surface area contributed by atoms with Crippen molar-refractivity contribution in [2.24, 2.45) is 0 Å². The van der Waals surface area contributed by atoms with E-state index in [1.165, 1.54) is 52.8 Å². The molecule has 0 aliphatic heterocycles. The lowest BCUT2D eigenvalue weighted by molar-refractivity contribution is 0.669. The van der Waals surface area contributed by atoms with Crippen LogP contribution in [-0.4, -0.2) is 19.5 Å². The van der Waals surface area contributed by atoms with Gasteiger partial charge in [-0.1, -0.05) is 152 Å². The van der Waals surface area contributed by atoms with Crippen LogP contribution in [0.1, 0.15) is 0 Å². The highest BCUT2D eigenvalue weighted by atomic mass is 32.1. The highest BCUT2D eigenvalue weighted by molar-refractivity contribution is 7.25. The van der Waals surface area contributed by atoms with Gasteiger partial charge in [0.05, 0.1) is 11.0 Å². The summed E-state index contributed by atoms with van der Waals surface area (Å²) in [5.41, 5.74) is 12.3. The molecule has 0 aliphatic carbocycles. The Morgan fingerprint density at radius 2 is 0.955 bits per heavy atom. The summed E-state index contributed by atoms with van der Waals surface area (Å²) in [6.45, 7) is 0. The van der Waals surface area contributed by atoms with E-state index >= 15 is 0 Å². The van der Waals surface area contributed by atoms with Gasteiger partial charge < -0.3 is 8.98 Å². The third-order valence-corrected chi connectivity index (χ3v) is 14.4. The second-order valence-corrected chi connectivity index (χ2v) is 18.3. The molecule has 0 aliphatic rings. The largest absolute Gasteiger partial charge is 0.456 e. The molecule has 0 spiro atoms. The smallest absolute Gasteiger partial charge is 0.164 e. The number of fused-ring (bicyclic) bond motifs is 10. The molecule has 0 unspecified atom stereocenters. The lowest BCUT2D eigenvalue weighted by Crippen LogP contribution is -2.01. The number of benzene rings is 10. The molecular weight excluding hydrogens is 837 g/mol. The maximum absolute atomic E-state index is 6.32. The summed E-state index contributed by atoms with van der Waals surface area (Å²) in [4.78, 5) is 15.5. The van der Waals surface area contributed by atoms with Crippen LogP contribution in [0.25, 0.3) is 137 Å². The van der Waals surface area contributed by atoms with Crippen LogP contribution in [0.3, 0.4) is 0 Å². The van der Waals surface area contributed by atoms with Crippen LogP contribution in [0.5, 0.6) is 0 Å². The van der Waals surface area contributed by atoms with Crippen molar-refractivity contribution in [3.8, 4) is 62.1 Å². The predicted molar refractivity (Wildman–Crippen MR) is 279 cm³/mol. The molecule has 0 bridgehead atoms. The fourth-order valence-corrected chi connectivity index (χ4v) is 11.1. The van der Waals surface area contributed by atoms with E-state index in [4.69, 9.17) is 19.4 Å². The topological polar surface area (TPSA) is 56.7 Å². The first kappa shape index (κ1) is 37.6. The molecule has 0 radical (unpaired) electrons. The number of nitrogens with zero attached hydrogens (tertiary/aromatic N) is 4. The average molecular weight is 873 g/mol. The molecule has 0 N–H and O–H groups in total. The highest BCUT2D eigenvalue weighted by Gasteiger charge is 2.20. The van der Waals surface area contributed by atoms with Crippen molar-refractivity contribution in [2.75, 3.05) is 0 Å². The molecule has 312 valence electrons. The van der Waals surface area contributed by atoms with Crippen molar-refractivity contribution < 1.29 is 4.42 Å². The van der Waals surface area contributed by atoms with Gasteiger partial charge in [0.25, 0.3) is 0 Å². The normalized spacial score (nSPS) is 11.9. The third-order valence-electron chi connectivity index (χ3n) is 13.2. The van der Waals surface area contributed by atoms with Gasteiger partial charge in [-0.05, 0) is 94.2 Å². The number of thiophene rings is 1. The van der Waals surface area contributed by atoms with Gasteiger partial charge in [0.1, 0.15) is 11.2 Å². The Labute approximate surface area is 388 Å². The van der Waals surface area contributed by atoms with Gasteiger partial charge in [0.15, 0.2) is 17.5 Å². The van der Waals surface area contributed by atoms with Crippen molar-refractivity contribution in [1.82, 2.24) is 19.5 Å². The maximum atomic E-state index is 6.32. The molecule has 4 aromatic heterocycles. The van der Waals surface area contributed by atoms with Gasteiger partial charge in [-0.15, -0.1) is 11.3 Å². The minimum absolute atomic E-state index is 0.577. The van der Waals surface area contributed by atoms with Crippen LogP contribution >= 0.6 is 11.3 Å². The van der Waals surface area contributed by atoms with E-state index < -0.39 is 0 Å². The van der Waals surface area contributed by atoms with E-state index in [9.17, 15) is 0 Å². The maximum Gasteiger partial charge on any atom is 0.164 e. The molecular formula is C61H36N4OS.